The van der Waals surface area contributed by atoms with Gasteiger partial charge in [-0.25, -0.2) is 0 Å². The van der Waals surface area contributed by atoms with Crippen LogP contribution in [-0.2, 0) is 23.7 Å². The second kappa shape index (κ2) is 13.1. The van der Waals surface area contributed by atoms with E-state index in [9.17, 15) is 0 Å². The van der Waals surface area contributed by atoms with Crippen LogP contribution in [0, 0.1) is 13.8 Å². The van der Waals surface area contributed by atoms with E-state index < -0.39 is 0 Å². The molecule has 1 heterocycles. The Balaban J connectivity index is 1.30. The largest absolute Gasteiger partial charge is 0.398 e. The Morgan fingerprint density at radius 2 is 1.27 bits per heavy atom. The van der Waals surface area contributed by atoms with Crippen LogP contribution in [0.25, 0.3) is 39.1 Å². The van der Waals surface area contributed by atoms with Crippen molar-refractivity contribution in [2.75, 3.05) is 4.90 Å². The summed E-state index contributed by atoms with van der Waals surface area (Å²) in [4.78, 5) is 2.70. The summed E-state index contributed by atoms with van der Waals surface area (Å²) < 4.78 is 0. The molecule has 2 nitrogen and oxygen atoms in total. The van der Waals surface area contributed by atoms with Gasteiger partial charge < -0.3 is 10.6 Å². The molecule has 0 saturated heterocycles. The highest BCUT2D eigenvalue weighted by Crippen LogP contribution is 2.57. The van der Waals surface area contributed by atoms with Crippen molar-refractivity contribution >= 4 is 47.2 Å². The van der Waals surface area contributed by atoms with E-state index in [0.29, 0.717) is 0 Å². The van der Waals surface area contributed by atoms with Gasteiger partial charge in [0.1, 0.15) is 7.85 Å². The second-order valence-electron chi connectivity index (χ2n) is 19.8. The number of aryl methyl sites for hydroxylation is 2. The van der Waals surface area contributed by atoms with Crippen molar-refractivity contribution in [1.82, 2.24) is 0 Å². The van der Waals surface area contributed by atoms with Gasteiger partial charge in [-0.15, -0.1) is 0 Å². The third-order valence-corrected chi connectivity index (χ3v) is 15.3. The van der Waals surface area contributed by atoms with Crippen LogP contribution in [0.1, 0.15) is 121 Å². The van der Waals surface area contributed by atoms with Gasteiger partial charge in [0.05, 0.1) is 5.69 Å². The molecule has 4 aliphatic carbocycles. The smallest absolute Gasteiger partial charge is 0.142 e. The van der Waals surface area contributed by atoms with Gasteiger partial charge in [0.15, 0.2) is 0 Å². The number of hydrogen-bond acceptors (Lipinski definition) is 2. The standard InChI is InChI=1S/C57H55BN2/c1-32-15-8-11-18-38(32)55(59)34(3)39-21-14-22-42-52(39)46-28-37-26-35-16-9-12-19-40(35)43(37)29-50(46)60(49-31-48-47(25-33(49)2)56(4,5)23-24-57(48,6)7)51-30-44-41-20-13-10-17-36(41)27-45(44)53(42)54(51)58/h8-13,15-20,22,25,28-31H,14,21,23-24,26-27,58-59H2,1-7H3/b55-34-. The summed E-state index contributed by atoms with van der Waals surface area (Å²) in [6.45, 7) is 16.7. The number of allylic oxidation sites excluding steroid dienone is 5. The van der Waals surface area contributed by atoms with Crippen LogP contribution in [0.4, 0.5) is 17.1 Å². The van der Waals surface area contributed by atoms with Gasteiger partial charge in [-0.1, -0.05) is 118 Å². The van der Waals surface area contributed by atoms with E-state index >= 15 is 0 Å². The molecule has 0 spiro atoms. The molecule has 0 fully saturated rings. The van der Waals surface area contributed by atoms with E-state index in [4.69, 9.17) is 5.73 Å². The molecular formula is C57H55BN2. The minimum Gasteiger partial charge on any atom is -0.398 e. The summed E-state index contributed by atoms with van der Waals surface area (Å²) in [6, 6.07) is 39.6. The molecule has 6 aromatic carbocycles. The molecule has 3 heteroatoms. The molecule has 11 rings (SSSR count). The van der Waals surface area contributed by atoms with Crippen molar-refractivity contribution in [3.05, 3.63) is 182 Å². The van der Waals surface area contributed by atoms with Gasteiger partial charge in [0, 0.05) is 28.2 Å². The van der Waals surface area contributed by atoms with Crippen LogP contribution in [0.3, 0.4) is 0 Å². The van der Waals surface area contributed by atoms with Crippen LogP contribution in [0.15, 0.2) is 120 Å². The number of hydrogen-bond donors (Lipinski definition) is 1. The Kier molecular flexibility index (Phi) is 8.13. The number of fused-ring (bicyclic) bond motifs is 14. The maximum atomic E-state index is 7.34. The number of anilines is 3. The number of nitrogens with zero attached hydrogens (tertiary/aromatic N) is 1. The third-order valence-electron chi connectivity index (χ3n) is 15.3. The van der Waals surface area contributed by atoms with E-state index in [1.807, 2.05) is 0 Å². The van der Waals surface area contributed by atoms with E-state index in [0.717, 1.165) is 36.9 Å². The first-order chi connectivity index (χ1) is 28.8. The average molecular weight is 779 g/mol. The van der Waals surface area contributed by atoms with E-state index in [1.54, 1.807) is 0 Å². The zero-order valence-corrected chi connectivity index (χ0v) is 36.7. The maximum Gasteiger partial charge on any atom is 0.142 e. The first-order valence-electron chi connectivity index (χ1n) is 22.3. The minimum atomic E-state index is 0.0663. The van der Waals surface area contributed by atoms with Gasteiger partial charge >= 0.3 is 0 Å². The van der Waals surface area contributed by atoms with Gasteiger partial charge in [-0.2, -0.15) is 0 Å². The predicted molar refractivity (Wildman–Crippen MR) is 258 cm³/mol. The molecule has 0 radical (unpaired) electrons. The third kappa shape index (κ3) is 5.33. The van der Waals surface area contributed by atoms with Gasteiger partial charge in [-0.05, 0) is 189 Å². The summed E-state index contributed by atoms with van der Waals surface area (Å²) in [6.07, 6.45) is 8.74. The lowest BCUT2D eigenvalue weighted by molar-refractivity contribution is 0.332. The molecule has 0 aromatic heterocycles. The zero-order chi connectivity index (χ0) is 41.4. The summed E-state index contributed by atoms with van der Waals surface area (Å²) in [7, 11) is 2.41. The molecule has 1 aliphatic heterocycles. The Labute approximate surface area is 358 Å². The van der Waals surface area contributed by atoms with Crippen molar-refractivity contribution in [1.29, 1.82) is 0 Å². The van der Waals surface area contributed by atoms with E-state index in [1.165, 1.54) is 136 Å². The number of benzene rings is 6. The van der Waals surface area contributed by atoms with Crippen LogP contribution >= 0.6 is 0 Å². The number of rotatable bonds is 3. The minimum absolute atomic E-state index is 0.0663. The van der Waals surface area contributed by atoms with E-state index in [-0.39, 0.29) is 10.8 Å². The molecular weight excluding hydrogens is 723 g/mol. The van der Waals surface area contributed by atoms with Crippen molar-refractivity contribution in [3.63, 3.8) is 0 Å². The molecule has 0 saturated carbocycles. The fraction of sp³-hybridized carbons (Fsp3) is 0.263. The summed E-state index contributed by atoms with van der Waals surface area (Å²) in [5.74, 6) is 0. The highest BCUT2D eigenvalue weighted by atomic mass is 15.2. The van der Waals surface area contributed by atoms with Crippen molar-refractivity contribution in [2.45, 2.75) is 97.8 Å². The maximum absolute atomic E-state index is 7.34. The quantitative estimate of drug-likeness (QED) is 0.181. The Morgan fingerprint density at radius 3 is 2.00 bits per heavy atom. The van der Waals surface area contributed by atoms with Gasteiger partial charge in [-0.3, -0.25) is 0 Å². The monoisotopic (exact) mass is 778 g/mol. The lowest BCUT2D eigenvalue weighted by Crippen LogP contribution is -2.34. The Bertz CT molecular complexity index is 2980. The lowest BCUT2D eigenvalue weighted by Gasteiger charge is -2.44. The topological polar surface area (TPSA) is 29.3 Å². The summed E-state index contributed by atoms with van der Waals surface area (Å²) in [5, 5.41) is 0. The average Bonchev–Trinajstić information content (AvgIpc) is 3.79. The zero-order valence-electron chi connectivity index (χ0n) is 36.7. The number of nitrogens with two attached hydrogens (primary N) is 1. The fourth-order valence-corrected chi connectivity index (χ4v) is 11.8. The van der Waals surface area contributed by atoms with Crippen LogP contribution in [-0.4, -0.2) is 7.85 Å². The molecule has 296 valence electrons. The molecule has 60 heavy (non-hydrogen) atoms. The normalized spacial score (nSPS) is 17.9. The predicted octanol–water partition coefficient (Wildman–Crippen LogP) is 12.9. The molecule has 5 aliphatic rings. The molecule has 0 unspecified atom stereocenters. The Morgan fingerprint density at radius 1 is 0.633 bits per heavy atom. The van der Waals surface area contributed by atoms with Gasteiger partial charge in [0.25, 0.3) is 0 Å². The highest BCUT2D eigenvalue weighted by molar-refractivity contribution is 6.41. The molecule has 0 amide bonds. The summed E-state index contributed by atoms with van der Waals surface area (Å²) >= 11 is 0. The SMILES string of the molecule is Bc1c2cc3c(c1C1=CCCC(/C(C)=C(\N)c4ccccc4C)=C1c1cc4c(cc1N2c1cc2c(cc1C)C(C)(C)CCC2(C)C)-c1ccccc1C4)Cc1ccccc1-3. The van der Waals surface area contributed by atoms with Crippen molar-refractivity contribution < 1.29 is 0 Å². The van der Waals surface area contributed by atoms with Gasteiger partial charge in [0.2, 0.25) is 0 Å². The Hall–Kier alpha value is -5.80. The molecule has 6 aromatic rings. The molecule has 2 bridgehead atoms. The fourth-order valence-electron chi connectivity index (χ4n) is 11.8. The van der Waals surface area contributed by atoms with Crippen LogP contribution in [0.2, 0.25) is 0 Å². The second-order valence-corrected chi connectivity index (χ2v) is 19.8. The van der Waals surface area contributed by atoms with Crippen molar-refractivity contribution in [3.8, 4) is 22.3 Å². The molecule has 0 atom stereocenters. The summed E-state index contributed by atoms with van der Waals surface area (Å²) in [5.41, 5.74) is 39.4. The van der Waals surface area contributed by atoms with Crippen molar-refractivity contribution in [2.24, 2.45) is 5.73 Å². The lowest BCUT2D eigenvalue weighted by atomic mass is 9.62. The van der Waals surface area contributed by atoms with Crippen LogP contribution < -0.4 is 16.1 Å². The first kappa shape index (κ1) is 37.2. The van der Waals surface area contributed by atoms with Crippen LogP contribution in [0.5, 0.6) is 0 Å². The van der Waals surface area contributed by atoms with E-state index in [2.05, 4.69) is 170 Å². The first-order valence-corrected chi connectivity index (χ1v) is 22.3. The highest BCUT2D eigenvalue weighted by Gasteiger charge is 2.40. The molecule has 2 N–H and O–H groups in total.